The molecule has 2 heterocycles. The van der Waals surface area contributed by atoms with Crippen LogP contribution in [0.5, 0.6) is 0 Å². The molecule has 0 amide bonds. The number of hydrogen-bond donors (Lipinski definition) is 0. The van der Waals surface area contributed by atoms with E-state index >= 15 is 0 Å². The van der Waals surface area contributed by atoms with Crippen LogP contribution in [0.3, 0.4) is 0 Å². The molecular formula is C9H5NOS. The molecule has 0 fully saturated rings. The highest BCUT2D eigenvalue weighted by atomic mass is 32.1. The summed E-state index contributed by atoms with van der Waals surface area (Å²) in [7, 11) is 0. The molecular weight excluding hydrogens is 170 g/mol. The van der Waals surface area contributed by atoms with Crippen molar-refractivity contribution in [2.24, 2.45) is 0 Å². The number of furan rings is 1. The minimum absolute atomic E-state index is 0.751. The van der Waals surface area contributed by atoms with Gasteiger partial charge in [-0.2, -0.15) is 0 Å². The van der Waals surface area contributed by atoms with Crippen molar-refractivity contribution in [2.45, 2.75) is 0 Å². The van der Waals surface area contributed by atoms with Crippen molar-refractivity contribution in [2.75, 3.05) is 0 Å². The van der Waals surface area contributed by atoms with Crippen molar-refractivity contribution >= 4 is 32.7 Å². The number of fused-ring (bicyclic) bond motifs is 3. The van der Waals surface area contributed by atoms with Gasteiger partial charge in [-0.05, 0) is 12.1 Å². The topological polar surface area (TPSA) is 26.0 Å². The molecule has 0 spiro atoms. The molecule has 0 unspecified atom stereocenters. The lowest BCUT2D eigenvalue weighted by Gasteiger charge is -1.82. The van der Waals surface area contributed by atoms with E-state index in [9.17, 15) is 0 Å². The van der Waals surface area contributed by atoms with Crippen LogP contribution < -0.4 is 0 Å². The van der Waals surface area contributed by atoms with Crippen LogP contribution >= 0.6 is 11.3 Å². The van der Waals surface area contributed by atoms with Gasteiger partial charge in [0.1, 0.15) is 10.3 Å². The van der Waals surface area contributed by atoms with Crippen molar-refractivity contribution in [1.29, 1.82) is 0 Å². The predicted octanol–water partition coefficient (Wildman–Crippen LogP) is 3.04. The third-order valence-corrected chi connectivity index (χ3v) is 2.71. The number of benzene rings is 1. The fourth-order valence-electron chi connectivity index (χ4n) is 1.33. The Morgan fingerprint density at radius 2 is 2.17 bits per heavy atom. The first kappa shape index (κ1) is 6.20. The van der Waals surface area contributed by atoms with Crippen LogP contribution in [-0.4, -0.2) is 4.98 Å². The van der Waals surface area contributed by atoms with Gasteiger partial charge in [-0.25, -0.2) is 4.98 Å². The average Bonchev–Trinajstić information content (AvgIpc) is 2.62. The lowest BCUT2D eigenvalue weighted by Crippen LogP contribution is -1.59. The summed E-state index contributed by atoms with van der Waals surface area (Å²) < 4.78 is 6.64. The van der Waals surface area contributed by atoms with Gasteiger partial charge in [0.15, 0.2) is 0 Å². The summed E-state index contributed by atoms with van der Waals surface area (Å²) in [6, 6.07) is 8.00. The summed E-state index contributed by atoms with van der Waals surface area (Å²) >= 11 is 1.62. The van der Waals surface area contributed by atoms with Crippen LogP contribution in [0.4, 0.5) is 0 Å². The average molecular weight is 175 g/mol. The van der Waals surface area contributed by atoms with Crippen molar-refractivity contribution in [3.63, 3.8) is 0 Å². The molecule has 0 aliphatic carbocycles. The highest BCUT2D eigenvalue weighted by Crippen LogP contribution is 2.30. The van der Waals surface area contributed by atoms with E-state index in [0.29, 0.717) is 0 Å². The molecule has 1 aromatic carbocycles. The van der Waals surface area contributed by atoms with Gasteiger partial charge < -0.3 is 4.42 Å². The molecule has 3 heteroatoms. The van der Waals surface area contributed by atoms with Crippen LogP contribution in [0.15, 0.2) is 34.2 Å². The van der Waals surface area contributed by atoms with E-state index in [0.717, 1.165) is 21.4 Å². The molecule has 0 bridgehead atoms. The lowest BCUT2D eigenvalue weighted by molar-refractivity contribution is 0.656. The second-order valence-corrected chi connectivity index (χ2v) is 3.44. The van der Waals surface area contributed by atoms with Crippen LogP contribution in [-0.2, 0) is 0 Å². The van der Waals surface area contributed by atoms with E-state index in [4.69, 9.17) is 4.42 Å². The van der Waals surface area contributed by atoms with Gasteiger partial charge in [0, 0.05) is 5.39 Å². The first-order valence-corrected chi connectivity index (χ1v) is 4.54. The minimum atomic E-state index is 0.751. The normalized spacial score (nSPS) is 11.3. The number of thiazole rings is 1. The summed E-state index contributed by atoms with van der Waals surface area (Å²) in [6.07, 6.45) is 0. The van der Waals surface area contributed by atoms with E-state index in [1.54, 1.807) is 16.8 Å². The zero-order valence-electron chi connectivity index (χ0n) is 6.15. The molecule has 0 atom stereocenters. The number of aromatic nitrogens is 1. The van der Waals surface area contributed by atoms with Crippen LogP contribution in [0.2, 0.25) is 0 Å². The summed E-state index contributed by atoms with van der Waals surface area (Å²) in [5.41, 5.74) is 3.48. The van der Waals surface area contributed by atoms with Gasteiger partial charge in [0.25, 0.3) is 0 Å². The molecule has 0 saturated carbocycles. The molecule has 0 saturated heterocycles. The maximum Gasteiger partial charge on any atom is 0.238 e. The molecule has 12 heavy (non-hydrogen) atoms. The largest absolute Gasteiger partial charge is 0.437 e. The van der Waals surface area contributed by atoms with Gasteiger partial charge in [0.2, 0.25) is 5.71 Å². The molecule has 0 radical (unpaired) electrons. The number of para-hydroxylation sites is 1. The Labute approximate surface area is 72.4 Å². The van der Waals surface area contributed by atoms with E-state index < -0.39 is 0 Å². The molecule has 3 rings (SSSR count). The van der Waals surface area contributed by atoms with Crippen LogP contribution in [0.1, 0.15) is 0 Å². The van der Waals surface area contributed by atoms with Gasteiger partial charge in [-0.3, -0.25) is 0 Å². The van der Waals surface area contributed by atoms with Crippen molar-refractivity contribution in [3.8, 4) is 0 Å². The summed E-state index contributed by atoms with van der Waals surface area (Å²) in [5, 5.41) is 1.16. The molecule has 58 valence electrons. The van der Waals surface area contributed by atoms with Crippen molar-refractivity contribution in [1.82, 2.24) is 4.98 Å². The van der Waals surface area contributed by atoms with E-state index in [1.807, 2.05) is 18.2 Å². The zero-order chi connectivity index (χ0) is 7.97. The molecule has 3 aromatic rings. The summed E-state index contributed by atoms with van der Waals surface area (Å²) in [4.78, 5) is 4.11. The molecule has 2 aromatic heterocycles. The number of rotatable bonds is 0. The van der Waals surface area contributed by atoms with Gasteiger partial charge in [-0.1, -0.05) is 12.1 Å². The van der Waals surface area contributed by atoms with Crippen molar-refractivity contribution in [3.05, 3.63) is 29.8 Å². The Morgan fingerprint density at radius 1 is 1.25 bits per heavy atom. The second kappa shape index (κ2) is 2.08. The highest BCUT2D eigenvalue weighted by Gasteiger charge is 2.06. The Balaban J connectivity index is 2.68. The second-order valence-electron chi connectivity index (χ2n) is 2.58. The summed E-state index contributed by atoms with van der Waals surface area (Å²) in [5.74, 6) is 0. The first-order chi connectivity index (χ1) is 5.95. The Hall–Kier alpha value is -1.35. The standard InChI is InChI=1S/C9H5NOS/c1-2-4-7-6(3-1)8-9(11-7)10-5-12-8/h1-5H. The molecule has 0 N–H and O–H groups in total. The minimum Gasteiger partial charge on any atom is -0.437 e. The van der Waals surface area contributed by atoms with E-state index in [2.05, 4.69) is 11.1 Å². The van der Waals surface area contributed by atoms with Gasteiger partial charge in [-0.15, -0.1) is 11.3 Å². The van der Waals surface area contributed by atoms with Crippen LogP contribution in [0.25, 0.3) is 21.4 Å². The first-order valence-electron chi connectivity index (χ1n) is 3.66. The van der Waals surface area contributed by atoms with Crippen LogP contribution in [0, 0.1) is 0 Å². The fraction of sp³-hybridized carbons (Fsp3) is 0. The molecule has 0 aliphatic heterocycles. The molecule has 0 aliphatic rings. The number of hydrogen-bond acceptors (Lipinski definition) is 3. The lowest BCUT2D eigenvalue weighted by atomic mass is 10.3. The third kappa shape index (κ3) is 0.662. The Bertz CT molecular complexity index is 536. The third-order valence-electron chi connectivity index (χ3n) is 1.87. The monoisotopic (exact) mass is 175 g/mol. The van der Waals surface area contributed by atoms with Crippen molar-refractivity contribution < 1.29 is 4.42 Å². The Morgan fingerprint density at radius 3 is 3.17 bits per heavy atom. The van der Waals surface area contributed by atoms with E-state index in [1.165, 1.54) is 0 Å². The van der Waals surface area contributed by atoms with Gasteiger partial charge >= 0.3 is 0 Å². The fourth-order valence-corrected chi connectivity index (χ4v) is 2.08. The van der Waals surface area contributed by atoms with Gasteiger partial charge in [0.05, 0.1) is 5.51 Å². The highest BCUT2D eigenvalue weighted by molar-refractivity contribution is 7.17. The molecule has 2 nitrogen and oxygen atoms in total. The maximum atomic E-state index is 5.49. The number of nitrogens with zero attached hydrogens (tertiary/aromatic N) is 1. The van der Waals surface area contributed by atoms with E-state index in [-0.39, 0.29) is 0 Å². The Kier molecular flexibility index (Phi) is 1.07. The summed E-state index contributed by atoms with van der Waals surface area (Å²) in [6.45, 7) is 0. The maximum absolute atomic E-state index is 5.49. The zero-order valence-corrected chi connectivity index (χ0v) is 6.97. The predicted molar refractivity (Wildman–Crippen MR) is 49.4 cm³/mol. The smallest absolute Gasteiger partial charge is 0.238 e. The quantitative estimate of drug-likeness (QED) is 0.525. The SMILES string of the molecule is c1ccc2c(c1)oc1ncsc12.